The standard InChI is InChI=1S/C8H16N2O3/c1-3-13-7(11)4-5-10-8(12)6(2)9/h6H,3-5,9H2,1-2H3,(H,10,12). The van der Waals surface area contributed by atoms with Crippen LogP contribution in [0.15, 0.2) is 0 Å². The van der Waals surface area contributed by atoms with Gasteiger partial charge in [0, 0.05) is 6.54 Å². The van der Waals surface area contributed by atoms with Crippen molar-refractivity contribution in [2.24, 2.45) is 5.73 Å². The first-order valence-corrected chi connectivity index (χ1v) is 4.26. The van der Waals surface area contributed by atoms with Crippen LogP contribution in [0.1, 0.15) is 20.3 Å². The van der Waals surface area contributed by atoms with Crippen LogP contribution in [0.4, 0.5) is 0 Å². The molecular formula is C8H16N2O3. The number of esters is 1. The first kappa shape index (κ1) is 11.9. The summed E-state index contributed by atoms with van der Waals surface area (Å²) in [5.41, 5.74) is 5.28. The third kappa shape index (κ3) is 6.10. The molecule has 0 bridgehead atoms. The van der Waals surface area contributed by atoms with Crippen molar-refractivity contribution in [2.75, 3.05) is 13.2 Å². The molecule has 3 N–H and O–H groups in total. The lowest BCUT2D eigenvalue weighted by molar-refractivity contribution is -0.143. The van der Waals surface area contributed by atoms with Gasteiger partial charge in [-0.2, -0.15) is 0 Å². The van der Waals surface area contributed by atoms with E-state index < -0.39 is 6.04 Å². The summed E-state index contributed by atoms with van der Waals surface area (Å²) in [6.07, 6.45) is 0.187. The third-order valence-corrected chi connectivity index (χ3v) is 1.35. The number of ether oxygens (including phenoxy) is 1. The molecule has 0 radical (unpaired) electrons. The summed E-state index contributed by atoms with van der Waals surface area (Å²) in [4.78, 5) is 21.7. The van der Waals surface area contributed by atoms with E-state index in [4.69, 9.17) is 5.73 Å². The minimum absolute atomic E-state index is 0.187. The fourth-order valence-corrected chi connectivity index (χ4v) is 0.682. The zero-order valence-electron chi connectivity index (χ0n) is 8.00. The third-order valence-electron chi connectivity index (χ3n) is 1.35. The second-order valence-corrected chi connectivity index (χ2v) is 2.63. The summed E-state index contributed by atoms with van der Waals surface area (Å²) in [6.45, 7) is 3.96. The summed E-state index contributed by atoms with van der Waals surface area (Å²) < 4.78 is 4.66. The predicted octanol–water partition coefficient (Wildman–Crippen LogP) is -0.597. The van der Waals surface area contributed by atoms with E-state index in [0.717, 1.165) is 0 Å². The molecule has 0 aliphatic heterocycles. The highest BCUT2D eigenvalue weighted by Gasteiger charge is 2.07. The molecule has 0 aromatic heterocycles. The minimum atomic E-state index is -0.540. The Hall–Kier alpha value is -1.10. The van der Waals surface area contributed by atoms with Gasteiger partial charge in [0.15, 0.2) is 0 Å². The van der Waals surface area contributed by atoms with Gasteiger partial charge in [0.05, 0.1) is 19.1 Å². The van der Waals surface area contributed by atoms with Gasteiger partial charge in [-0.05, 0) is 13.8 Å². The highest BCUT2D eigenvalue weighted by Crippen LogP contribution is 1.84. The molecule has 0 spiro atoms. The van der Waals surface area contributed by atoms with Gasteiger partial charge in [-0.1, -0.05) is 0 Å². The van der Waals surface area contributed by atoms with E-state index in [9.17, 15) is 9.59 Å². The molecular weight excluding hydrogens is 172 g/mol. The Morgan fingerprint density at radius 2 is 2.15 bits per heavy atom. The quantitative estimate of drug-likeness (QED) is 0.565. The molecule has 1 atom stereocenters. The number of hydrogen-bond acceptors (Lipinski definition) is 4. The van der Waals surface area contributed by atoms with Gasteiger partial charge in [0.2, 0.25) is 5.91 Å². The average Bonchev–Trinajstić information content (AvgIpc) is 2.04. The Morgan fingerprint density at radius 3 is 2.62 bits per heavy atom. The van der Waals surface area contributed by atoms with E-state index in [-0.39, 0.29) is 24.8 Å². The van der Waals surface area contributed by atoms with Crippen LogP contribution < -0.4 is 11.1 Å². The Bertz CT molecular complexity index is 180. The largest absolute Gasteiger partial charge is 0.466 e. The molecule has 0 saturated carbocycles. The van der Waals surface area contributed by atoms with Gasteiger partial charge in [-0.25, -0.2) is 0 Å². The van der Waals surface area contributed by atoms with Crippen LogP contribution in [0.2, 0.25) is 0 Å². The van der Waals surface area contributed by atoms with Gasteiger partial charge in [-0.15, -0.1) is 0 Å². The van der Waals surface area contributed by atoms with Crippen LogP contribution in [0, 0.1) is 0 Å². The Labute approximate surface area is 77.6 Å². The molecule has 0 rings (SSSR count). The molecule has 0 fully saturated rings. The zero-order valence-corrected chi connectivity index (χ0v) is 8.00. The number of rotatable bonds is 5. The Morgan fingerprint density at radius 1 is 1.54 bits per heavy atom. The molecule has 0 aromatic carbocycles. The lowest BCUT2D eigenvalue weighted by Crippen LogP contribution is -2.39. The monoisotopic (exact) mass is 188 g/mol. The smallest absolute Gasteiger partial charge is 0.307 e. The summed E-state index contributed by atoms with van der Waals surface area (Å²) >= 11 is 0. The number of amides is 1. The van der Waals surface area contributed by atoms with E-state index in [2.05, 4.69) is 10.1 Å². The van der Waals surface area contributed by atoms with Crippen molar-refractivity contribution in [3.8, 4) is 0 Å². The van der Waals surface area contributed by atoms with Crippen LogP contribution in [0.5, 0.6) is 0 Å². The van der Waals surface area contributed by atoms with Crippen molar-refractivity contribution in [1.29, 1.82) is 0 Å². The molecule has 5 heteroatoms. The molecule has 0 aromatic rings. The number of nitrogens with one attached hydrogen (secondary N) is 1. The number of carbonyl (C=O) groups is 2. The predicted molar refractivity (Wildman–Crippen MR) is 47.9 cm³/mol. The topological polar surface area (TPSA) is 81.4 Å². The van der Waals surface area contributed by atoms with Crippen LogP contribution in [0.25, 0.3) is 0 Å². The Balaban J connectivity index is 3.45. The second-order valence-electron chi connectivity index (χ2n) is 2.63. The van der Waals surface area contributed by atoms with Crippen LogP contribution in [-0.4, -0.2) is 31.1 Å². The van der Waals surface area contributed by atoms with Gasteiger partial charge in [0.25, 0.3) is 0 Å². The van der Waals surface area contributed by atoms with E-state index in [0.29, 0.717) is 6.61 Å². The van der Waals surface area contributed by atoms with Gasteiger partial charge in [0.1, 0.15) is 0 Å². The molecule has 13 heavy (non-hydrogen) atoms. The highest BCUT2D eigenvalue weighted by molar-refractivity contribution is 5.81. The average molecular weight is 188 g/mol. The summed E-state index contributed by atoms with van der Waals surface area (Å²) in [5.74, 6) is -0.572. The lowest BCUT2D eigenvalue weighted by atomic mass is 10.3. The molecule has 5 nitrogen and oxygen atoms in total. The first-order chi connectivity index (χ1) is 6.07. The highest BCUT2D eigenvalue weighted by atomic mass is 16.5. The number of nitrogens with two attached hydrogens (primary N) is 1. The van der Waals surface area contributed by atoms with E-state index >= 15 is 0 Å². The molecule has 0 saturated heterocycles. The second kappa shape index (κ2) is 6.42. The van der Waals surface area contributed by atoms with Crippen molar-refractivity contribution in [2.45, 2.75) is 26.3 Å². The maximum atomic E-state index is 10.9. The fraction of sp³-hybridized carbons (Fsp3) is 0.750. The van der Waals surface area contributed by atoms with Gasteiger partial charge < -0.3 is 15.8 Å². The molecule has 76 valence electrons. The SMILES string of the molecule is CCOC(=O)CCNC(=O)C(C)N. The minimum Gasteiger partial charge on any atom is -0.466 e. The fourth-order valence-electron chi connectivity index (χ4n) is 0.682. The maximum Gasteiger partial charge on any atom is 0.307 e. The zero-order chi connectivity index (χ0) is 10.3. The van der Waals surface area contributed by atoms with E-state index in [1.807, 2.05) is 0 Å². The van der Waals surface area contributed by atoms with Crippen molar-refractivity contribution in [3.63, 3.8) is 0 Å². The maximum absolute atomic E-state index is 10.9. The summed E-state index contributed by atoms with van der Waals surface area (Å²) in [5, 5.41) is 2.51. The Kier molecular flexibility index (Phi) is 5.88. The number of carbonyl (C=O) groups excluding carboxylic acids is 2. The van der Waals surface area contributed by atoms with Crippen molar-refractivity contribution in [1.82, 2.24) is 5.32 Å². The molecule has 1 amide bonds. The summed E-state index contributed by atoms with van der Waals surface area (Å²) in [6, 6.07) is -0.540. The van der Waals surface area contributed by atoms with Crippen LogP contribution in [-0.2, 0) is 14.3 Å². The van der Waals surface area contributed by atoms with Crippen molar-refractivity contribution < 1.29 is 14.3 Å². The van der Waals surface area contributed by atoms with E-state index in [1.54, 1.807) is 13.8 Å². The normalized spacial score (nSPS) is 11.9. The van der Waals surface area contributed by atoms with Gasteiger partial charge in [-0.3, -0.25) is 9.59 Å². The van der Waals surface area contributed by atoms with Gasteiger partial charge >= 0.3 is 5.97 Å². The lowest BCUT2D eigenvalue weighted by Gasteiger charge is -2.06. The molecule has 0 aliphatic carbocycles. The van der Waals surface area contributed by atoms with Crippen LogP contribution in [0.3, 0.4) is 0 Å². The van der Waals surface area contributed by atoms with E-state index in [1.165, 1.54) is 0 Å². The molecule has 1 unspecified atom stereocenters. The molecule has 0 aliphatic rings. The van der Waals surface area contributed by atoms with Crippen molar-refractivity contribution in [3.05, 3.63) is 0 Å². The van der Waals surface area contributed by atoms with Crippen molar-refractivity contribution >= 4 is 11.9 Å². The first-order valence-electron chi connectivity index (χ1n) is 4.26. The number of hydrogen-bond donors (Lipinski definition) is 2. The van der Waals surface area contributed by atoms with Crippen LogP contribution >= 0.6 is 0 Å². The summed E-state index contributed by atoms with van der Waals surface area (Å²) in [7, 11) is 0. The molecule has 0 heterocycles.